The molecule has 2 N–H and O–H groups in total. The van der Waals surface area contributed by atoms with Gasteiger partial charge in [-0.2, -0.15) is 0 Å². The summed E-state index contributed by atoms with van der Waals surface area (Å²) in [6.07, 6.45) is 1.86. The highest BCUT2D eigenvalue weighted by atomic mass is 16.4. The monoisotopic (exact) mass is 186 g/mol. The third kappa shape index (κ3) is 2.42. The van der Waals surface area contributed by atoms with Crippen molar-refractivity contribution in [3.05, 3.63) is 0 Å². The van der Waals surface area contributed by atoms with Crippen molar-refractivity contribution in [2.45, 2.75) is 18.9 Å². The van der Waals surface area contributed by atoms with Crippen molar-refractivity contribution < 1.29 is 9.90 Å². The molecule has 0 radical (unpaired) electrons. The van der Waals surface area contributed by atoms with E-state index in [1.165, 1.54) is 0 Å². The van der Waals surface area contributed by atoms with Crippen LogP contribution in [0.25, 0.3) is 0 Å². The van der Waals surface area contributed by atoms with Gasteiger partial charge in [0.15, 0.2) is 0 Å². The Morgan fingerprint density at radius 3 is 2.69 bits per heavy atom. The van der Waals surface area contributed by atoms with Crippen LogP contribution in [0.3, 0.4) is 0 Å². The van der Waals surface area contributed by atoms with Crippen LogP contribution in [0.4, 0.5) is 0 Å². The third-order valence-electron chi connectivity index (χ3n) is 2.84. The average Bonchev–Trinajstić information content (AvgIpc) is 1.97. The van der Waals surface area contributed by atoms with Crippen molar-refractivity contribution in [3.8, 4) is 0 Å². The molecule has 0 spiro atoms. The first-order valence-electron chi connectivity index (χ1n) is 4.74. The molecule has 0 aliphatic heterocycles. The van der Waals surface area contributed by atoms with E-state index >= 15 is 0 Å². The van der Waals surface area contributed by atoms with Crippen LogP contribution < -0.4 is 5.32 Å². The highest BCUT2D eigenvalue weighted by molar-refractivity contribution is 5.72. The largest absolute Gasteiger partial charge is 0.481 e. The van der Waals surface area contributed by atoms with Crippen molar-refractivity contribution in [2.24, 2.45) is 5.92 Å². The van der Waals surface area contributed by atoms with Crippen LogP contribution in [0.2, 0.25) is 0 Å². The number of nitrogens with zero attached hydrogens (tertiary/aromatic N) is 1. The molecule has 1 aliphatic carbocycles. The number of carboxylic acids is 1. The van der Waals surface area contributed by atoms with Crippen LogP contribution in [0.1, 0.15) is 12.8 Å². The predicted octanol–water partition coefficient (Wildman–Crippen LogP) is 0.000800. The molecule has 1 rings (SSSR count). The maximum absolute atomic E-state index is 10.7. The van der Waals surface area contributed by atoms with Gasteiger partial charge in [-0.1, -0.05) is 0 Å². The first kappa shape index (κ1) is 10.5. The quantitative estimate of drug-likeness (QED) is 0.634. The minimum Gasteiger partial charge on any atom is -0.481 e. The number of rotatable bonds is 5. The summed E-state index contributed by atoms with van der Waals surface area (Å²) in [7, 11) is 3.90. The van der Waals surface area contributed by atoms with Gasteiger partial charge < -0.3 is 15.3 Å². The number of nitrogens with one attached hydrogen (secondary N) is 1. The Kier molecular flexibility index (Phi) is 3.69. The van der Waals surface area contributed by atoms with Crippen LogP contribution in [0, 0.1) is 5.92 Å². The fourth-order valence-electron chi connectivity index (χ4n) is 1.75. The molecule has 4 nitrogen and oxygen atoms in total. The Labute approximate surface area is 78.9 Å². The minimum atomic E-state index is -0.646. The van der Waals surface area contributed by atoms with Crippen LogP contribution in [-0.2, 0) is 4.79 Å². The summed E-state index contributed by atoms with van der Waals surface area (Å²) < 4.78 is 0. The summed E-state index contributed by atoms with van der Waals surface area (Å²) >= 11 is 0. The van der Waals surface area contributed by atoms with E-state index in [1.807, 2.05) is 14.1 Å². The summed E-state index contributed by atoms with van der Waals surface area (Å²) in [5.41, 5.74) is 0. The zero-order valence-corrected chi connectivity index (χ0v) is 8.29. The molecule has 1 fully saturated rings. The smallest absolute Gasteiger partial charge is 0.308 e. The van der Waals surface area contributed by atoms with Crippen molar-refractivity contribution in [1.29, 1.82) is 0 Å². The molecule has 2 unspecified atom stereocenters. The van der Waals surface area contributed by atoms with E-state index in [0.29, 0.717) is 0 Å². The Morgan fingerprint density at radius 2 is 2.31 bits per heavy atom. The standard InChI is InChI=1S/C9H18N2O2/c1-10-5-6-11(2)8-4-3-7(8)9(12)13/h7-8,10H,3-6H2,1-2H3,(H,12,13). The van der Waals surface area contributed by atoms with Crippen LogP contribution in [0.15, 0.2) is 0 Å². The molecular formula is C9H18N2O2. The van der Waals surface area contributed by atoms with Crippen LogP contribution in [0.5, 0.6) is 0 Å². The lowest BCUT2D eigenvalue weighted by Gasteiger charge is -2.40. The molecule has 0 amide bonds. The van der Waals surface area contributed by atoms with Crippen LogP contribution in [-0.4, -0.2) is 49.2 Å². The Balaban J connectivity index is 2.30. The molecule has 0 aromatic carbocycles. The van der Waals surface area contributed by atoms with Gasteiger partial charge in [-0.15, -0.1) is 0 Å². The predicted molar refractivity (Wildman–Crippen MR) is 50.7 cm³/mol. The second-order valence-corrected chi connectivity index (χ2v) is 3.67. The van der Waals surface area contributed by atoms with Gasteiger partial charge in [0, 0.05) is 19.1 Å². The van der Waals surface area contributed by atoms with Crippen molar-refractivity contribution in [1.82, 2.24) is 10.2 Å². The lowest BCUT2D eigenvalue weighted by molar-refractivity contribution is -0.148. The zero-order valence-electron chi connectivity index (χ0n) is 8.29. The Bertz CT molecular complexity index is 184. The second kappa shape index (κ2) is 4.58. The highest BCUT2D eigenvalue weighted by Gasteiger charge is 2.38. The fraction of sp³-hybridized carbons (Fsp3) is 0.889. The second-order valence-electron chi connectivity index (χ2n) is 3.67. The van der Waals surface area contributed by atoms with Crippen molar-refractivity contribution >= 4 is 5.97 Å². The number of aliphatic carboxylic acids is 1. The first-order chi connectivity index (χ1) is 6.16. The number of likely N-dealkylation sites (N-methyl/N-ethyl adjacent to an activating group) is 2. The molecule has 2 atom stereocenters. The molecule has 1 aliphatic rings. The van der Waals surface area contributed by atoms with Crippen molar-refractivity contribution in [2.75, 3.05) is 27.2 Å². The molecule has 0 bridgehead atoms. The van der Waals surface area contributed by atoms with Gasteiger partial charge in [0.2, 0.25) is 0 Å². The lowest BCUT2D eigenvalue weighted by atomic mass is 9.79. The fourth-order valence-corrected chi connectivity index (χ4v) is 1.75. The summed E-state index contributed by atoms with van der Waals surface area (Å²) in [6, 6.07) is 0.255. The topological polar surface area (TPSA) is 52.6 Å². The molecule has 0 heterocycles. The molecule has 1 saturated carbocycles. The van der Waals surface area contributed by atoms with E-state index in [1.54, 1.807) is 0 Å². The molecule has 0 saturated heterocycles. The van der Waals surface area contributed by atoms with Crippen LogP contribution >= 0.6 is 0 Å². The third-order valence-corrected chi connectivity index (χ3v) is 2.84. The molecule has 0 aromatic heterocycles. The minimum absolute atomic E-state index is 0.137. The number of hydrogen-bond donors (Lipinski definition) is 2. The normalized spacial score (nSPS) is 27.3. The van der Waals surface area contributed by atoms with Gasteiger partial charge in [0.1, 0.15) is 0 Å². The molecular weight excluding hydrogens is 168 g/mol. The van der Waals surface area contributed by atoms with E-state index in [2.05, 4.69) is 10.2 Å². The summed E-state index contributed by atoms with van der Waals surface area (Å²) in [4.78, 5) is 12.9. The van der Waals surface area contributed by atoms with E-state index in [-0.39, 0.29) is 12.0 Å². The van der Waals surface area contributed by atoms with Gasteiger partial charge >= 0.3 is 5.97 Å². The van der Waals surface area contributed by atoms with Crippen molar-refractivity contribution in [3.63, 3.8) is 0 Å². The SMILES string of the molecule is CNCCN(C)C1CCC1C(=O)O. The summed E-state index contributed by atoms with van der Waals surface area (Å²) in [6.45, 7) is 1.84. The molecule has 0 aromatic rings. The zero-order chi connectivity index (χ0) is 9.84. The summed E-state index contributed by atoms with van der Waals surface area (Å²) in [5.74, 6) is -0.783. The lowest BCUT2D eigenvalue weighted by Crippen LogP contribution is -2.49. The Hall–Kier alpha value is -0.610. The molecule has 4 heteroatoms. The summed E-state index contributed by atoms with van der Waals surface area (Å²) in [5, 5.41) is 11.9. The molecule has 13 heavy (non-hydrogen) atoms. The van der Waals surface area contributed by atoms with Gasteiger partial charge in [-0.25, -0.2) is 0 Å². The highest BCUT2D eigenvalue weighted by Crippen LogP contribution is 2.31. The number of carbonyl (C=O) groups is 1. The van der Waals surface area contributed by atoms with Gasteiger partial charge in [-0.05, 0) is 26.9 Å². The van der Waals surface area contributed by atoms with E-state index in [0.717, 1.165) is 25.9 Å². The number of carboxylic acid groups (broad SMARTS) is 1. The first-order valence-corrected chi connectivity index (χ1v) is 4.74. The van der Waals surface area contributed by atoms with Gasteiger partial charge in [-0.3, -0.25) is 4.79 Å². The maximum atomic E-state index is 10.7. The maximum Gasteiger partial charge on any atom is 0.308 e. The van der Waals surface area contributed by atoms with Gasteiger partial charge in [0.25, 0.3) is 0 Å². The van der Waals surface area contributed by atoms with E-state index < -0.39 is 5.97 Å². The Morgan fingerprint density at radius 1 is 1.62 bits per heavy atom. The average molecular weight is 186 g/mol. The molecule has 76 valence electrons. The van der Waals surface area contributed by atoms with E-state index in [9.17, 15) is 4.79 Å². The van der Waals surface area contributed by atoms with E-state index in [4.69, 9.17) is 5.11 Å². The van der Waals surface area contributed by atoms with Gasteiger partial charge in [0.05, 0.1) is 5.92 Å². The number of hydrogen-bond acceptors (Lipinski definition) is 3.